The molecule has 1 rings (SSSR count). The van der Waals surface area contributed by atoms with Crippen molar-refractivity contribution in [2.45, 2.75) is 44.5 Å². The van der Waals surface area contributed by atoms with Gasteiger partial charge >= 0.3 is 0 Å². The summed E-state index contributed by atoms with van der Waals surface area (Å²) in [6.45, 7) is 7.14. The lowest BCUT2D eigenvalue weighted by molar-refractivity contribution is 0.126. The van der Waals surface area contributed by atoms with Crippen LogP contribution >= 0.6 is 0 Å². The van der Waals surface area contributed by atoms with Crippen molar-refractivity contribution in [3.8, 4) is 0 Å². The van der Waals surface area contributed by atoms with Gasteiger partial charge in [-0.1, -0.05) is 13.3 Å². The first kappa shape index (κ1) is 16.9. The highest BCUT2D eigenvalue weighted by atomic mass is 32.2. The highest BCUT2D eigenvalue weighted by Crippen LogP contribution is 2.21. The largest absolute Gasteiger partial charge is 0.380 e. The lowest BCUT2D eigenvalue weighted by Gasteiger charge is -2.15. The van der Waals surface area contributed by atoms with Crippen LogP contribution in [0.3, 0.4) is 0 Å². The van der Waals surface area contributed by atoms with Gasteiger partial charge in [0.2, 0.25) is 0 Å². The maximum atomic E-state index is 12.1. The van der Waals surface area contributed by atoms with E-state index in [9.17, 15) is 8.42 Å². The van der Waals surface area contributed by atoms with Gasteiger partial charge in [0.05, 0.1) is 23.7 Å². The molecular weight excluding hydrogens is 266 g/mol. The van der Waals surface area contributed by atoms with Gasteiger partial charge in [0.15, 0.2) is 9.84 Å². The highest BCUT2D eigenvalue weighted by molar-refractivity contribution is 7.92. The first-order chi connectivity index (χ1) is 9.08. The number of hydrogen-bond acceptors (Lipinski definition) is 5. The van der Waals surface area contributed by atoms with Gasteiger partial charge in [-0.05, 0) is 19.8 Å². The van der Waals surface area contributed by atoms with Gasteiger partial charge in [0.1, 0.15) is 0 Å². The molecule has 19 heavy (non-hydrogen) atoms. The number of hydrogen-bond donors (Lipinski definition) is 1. The minimum Gasteiger partial charge on any atom is -0.380 e. The van der Waals surface area contributed by atoms with E-state index in [0.717, 1.165) is 19.4 Å². The minimum atomic E-state index is -3.04. The van der Waals surface area contributed by atoms with Crippen LogP contribution < -0.4 is 5.32 Å². The molecule has 0 spiro atoms. The van der Waals surface area contributed by atoms with Crippen molar-refractivity contribution in [2.75, 3.05) is 38.7 Å². The molecule has 0 amide bonds. The van der Waals surface area contributed by atoms with E-state index in [1.807, 2.05) is 6.92 Å². The molecule has 2 unspecified atom stereocenters. The molecule has 1 heterocycles. The van der Waals surface area contributed by atoms with Crippen LogP contribution in [0.5, 0.6) is 0 Å². The lowest BCUT2D eigenvalue weighted by atomic mass is 10.3. The molecule has 0 radical (unpaired) electrons. The van der Waals surface area contributed by atoms with E-state index in [1.165, 1.54) is 0 Å². The lowest BCUT2D eigenvalue weighted by Crippen LogP contribution is -2.34. The number of nitrogens with one attached hydrogen (secondary N) is 1. The Bertz CT molecular complexity index is 332. The standard InChI is InChI=1S/C13H27NO4S/c1-3-4-8-17-10-6-14-7-11-19(15,16)13-5-9-18-12(13)2/h12-14H,3-11H2,1-2H3. The Morgan fingerprint density at radius 3 is 2.74 bits per heavy atom. The Morgan fingerprint density at radius 2 is 2.11 bits per heavy atom. The Kier molecular flexibility index (Phi) is 7.90. The molecule has 6 heteroatoms. The highest BCUT2D eigenvalue weighted by Gasteiger charge is 2.35. The molecule has 0 bridgehead atoms. The summed E-state index contributed by atoms with van der Waals surface area (Å²) in [5.41, 5.74) is 0. The quantitative estimate of drug-likeness (QED) is 0.608. The van der Waals surface area contributed by atoms with Gasteiger partial charge < -0.3 is 14.8 Å². The first-order valence-corrected chi connectivity index (χ1v) is 8.91. The summed E-state index contributed by atoms with van der Waals surface area (Å²) in [5.74, 6) is 0.181. The van der Waals surface area contributed by atoms with Crippen LogP contribution in [0.2, 0.25) is 0 Å². The zero-order chi connectivity index (χ0) is 14.1. The Labute approximate surface area is 117 Å². The average molecular weight is 293 g/mol. The smallest absolute Gasteiger partial charge is 0.157 e. The van der Waals surface area contributed by atoms with Crippen LogP contribution in [-0.4, -0.2) is 58.4 Å². The van der Waals surface area contributed by atoms with E-state index in [1.54, 1.807) is 0 Å². The second kappa shape index (κ2) is 8.89. The van der Waals surface area contributed by atoms with Crippen molar-refractivity contribution in [1.29, 1.82) is 0 Å². The van der Waals surface area contributed by atoms with Crippen molar-refractivity contribution < 1.29 is 17.9 Å². The van der Waals surface area contributed by atoms with Gasteiger partial charge in [0, 0.05) is 26.3 Å². The Morgan fingerprint density at radius 1 is 1.32 bits per heavy atom. The van der Waals surface area contributed by atoms with Gasteiger partial charge in [-0.3, -0.25) is 0 Å². The number of unbranched alkanes of at least 4 members (excludes halogenated alkanes) is 1. The van der Waals surface area contributed by atoms with Gasteiger partial charge in [-0.25, -0.2) is 8.42 Å². The molecule has 1 aliphatic rings. The van der Waals surface area contributed by atoms with Gasteiger partial charge in [-0.2, -0.15) is 0 Å². The summed E-state index contributed by atoms with van der Waals surface area (Å²) < 4.78 is 34.8. The second-order valence-electron chi connectivity index (χ2n) is 4.99. The molecule has 0 aromatic heterocycles. The molecule has 0 saturated carbocycles. The van der Waals surface area contributed by atoms with E-state index >= 15 is 0 Å². The Hall–Kier alpha value is -0.170. The normalized spacial score (nSPS) is 23.9. The van der Waals surface area contributed by atoms with Crippen LogP contribution in [0.25, 0.3) is 0 Å². The molecule has 114 valence electrons. The summed E-state index contributed by atoms with van der Waals surface area (Å²) in [6, 6.07) is 0. The molecule has 0 aromatic rings. The third kappa shape index (κ3) is 6.21. The monoisotopic (exact) mass is 293 g/mol. The zero-order valence-electron chi connectivity index (χ0n) is 12.1. The maximum Gasteiger partial charge on any atom is 0.157 e. The van der Waals surface area contributed by atoms with Crippen LogP contribution in [0, 0.1) is 0 Å². The molecule has 1 aliphatic heterocycles. The predicted molar refractivity (Wildman–Crippen MR) is 76.2 cm³/mol. The van der Waals surface area contributed by atoms with E-state index in [2.05, 4.69) is 12.2 Å². The molecule has 0 aliphatic carbocycles. The van der Waals surface area contributed by atoms with E-state index < -0.39 is 9.84 Å². The summed E-state index contributed by atoms with van der Waals surface area (Å²) in [4.78, 5) is 0. The summed E-state index contributed by atoms with van der Waals surface area (Å²) in [5, 5.41) is 2.79. The maximum absolute atomic E-state index is 12.1. The summed E-state index contributed by atoms with van der Waals surface area (Å²) in [6.07, 6.45) is 2.67. The van der Waals surface area contributed by atoms with Crippen LogP contribution in [0.1, 0.15) is 33.1 Å². The Balaban J connectivity index is 2.08. The van der Waals surface area contributed by atoms with Crippen LogP contribution in [0.15, 0.2) is 0 Å². The second-order valence-corrected chi connectivity index (χ2v) is 7.33. The molecular formula is C13H27NO4S. The van der Waals surface area contributed by atoms with Crippen molar-refractivity contribution in [2.24, 2.45) is 0 Å². The molecule has 5 nitrogen and oxygen atoms in total. The van der Waals surface area contributed by atoms with Crippen LogP contribution in [-0.2, 0) is 19.3 Å². The molecule has 1 saturated heterocycles. The van der Waals surface area contributed by atoms with Gasteiger partial charge in [0.25, 0.3) is 0 Å². The topological polar surface area (TPSA) is 64.6 Å². The number of sulfone groups is 1. The van der Waals surface area contributed by atoms with E-state index in [0.29, 0.717) is 32.7 Å². The fraction of sp³-hybridized carbons (Fsp3) is 1.00. The average Bonchev–Trinajstić information content (AvgIpc) is 2.80. The number of rotatable bonds is 10. The van der Waals surface area contributed by atoms with Crippen molar-refractivity contribution in [3.05, 3.63) is 0 Å². The van der Waals surface area contributed by atoms with Crippen molar-refractivity contribution in [3.63, 3.8) is 0 Å². The van der Waals surface area contributed by atoms with E-state index in [-0.39, 0.29) is 17.1 Å². The fourth-order valence-corrected chi connectivity index (χ4v) is 4.02. The zero-order valence-corrected chi connectivity index (χ0v) is 12.9. The van der Waals surface area contributed by atoms with E-state index in [4.69, 9.17) is 9.47 Å². The third-order valence-corrected chi connectivity index (χ3v) is 5.71. The first-order valence-electron chi connectivity index (χ1n) is 7.19. The summed E-state index contributed by atoms with van der Waals surface area (Å²) in [7, 11) is -3.04. The summed E-state index contributed by atoms with van der Waals surface area (Å²) >= 11 is 0. The number of ether oxygens (including phenoxy) is 2. The third-order valence-electron chi connectivity index (χ3n) is 3.40. The van der Waals surface area contributed by atoms with Crippen LogP contribution in [0.4, 0.5) is 0 Å². The minimum absolute atomic E-state index is 0.164. The van der Waals surface area contributed by atoms with Gasteiger partial charge in [-0.15, -0.1) is 0 Å². The van der Waals surface area contributed by atoms with Crippen molar-refractivity contribution >= 4 is 9.84 Å². The molecule has 0 aromatic carbocycles. The molecule has 1 N–H and O–H groups in total. The SMILES string of the molecule is CCCCOCCNCCS(=O)(=O)C1CCOC1C. The fourth-order valence-electron chi connectivity index (χ4n) is 2.17. The molecule has 2 atom stereocenters. The predicted octanol–water partition coefficient (Wildman–Crippen LogP) is 0.985. The van der Waals surface area contributed by atoms with Crippen molar-refractivity contribution in [1.82, 2.24) is 5.32 Å². The molecule has 1 fully saturated rings.